The van der Waals surface area contributed by atoms with Crippen molar-refractivity contribution in [1.29, 1.82) is 0 Å². The molecule has 6 aromatic rings. The predicted octanol–water partition coefficient (Wildman–Crippen LogP) is 13.9. The maximum Gasteiger partial charge on any atom is 0.343 e. The molecule has 0 aromatic heterocycles. The first-order valence-electron chi connectivity index (χ1n) is 26.1. The number of esters is 3. The normalized spacial score (nSPS) is 12.2. The Morgan fingerprint density at radius 1 is 0.513 bits per heavy atom. The number of halogens is 1. The Kier molecular flexibility index (Phi) is 28.4. The highest BCUT2D eigenvalue weighted by Gasteiger charge is 2.31. The van der Waals surface area contributed by atoms with E-state index >= 15 is 0 Å². The van der Waals surface area contributed by atoms with Gasteiger partial charge in [0.05, 0.1) is 42.5 Å². The van der Waals surface area contributed by atoms with Gasteiger partial charge in [-0.1, -0.05) is 184 Å². The van der Waals surface area contributed by atoms with Gasteiger partial charge in [-0.15, -0.1) is 0 Å². The lowest BCUT2D eigenvalue weighted by molar-refractivity contribution is -0.00377. The van der Waals surface area contributed by atoms with Crippen molar-refractivity contribution in [2.75, 3.05) is 11.5 Å². The smallest absolute Gasteiger partial charge is 0.343 e. The maximum atomic E-state index is 12.5. The van der Waals surface area contributed by atoms with Crippen molar-refractivity contribution in [3.05, 3.63) is 191 Å². The van der Waals surface area contributed by atoms with E-state index in [2.05, 4.69) is 29.8 Å². The van der Waals surface area contributed by atoms with Crippen LogP contribution >= 0.6 is 15.9 Å². The van der Waals surface area contributed by atoms with Crippen molar-refractivity contribution in [3.63, 3.8) is 0 Å². The van der Waals surface area contributed by atoms with Gasteiger partial charge in [-0.2, -0.15) is 0 Å². The molecule has 13 nitrogen and oxygen atoms in total. The lowest BCUT2D eigenvalue weighted by atomic mass is 9.87. The van der Waals surface area contributed by atoms with Gasteiger partial charge < -0.3 is 14.2 Å². The molecule has 6 aromatic carbocycles. The third-order valence-electron chi connectivity index (χ3n) is 11.7. The molecule has 2 unspecified atom stereocenters. The largest absolute Gasteiger partial charge is 0.459 e. The van der Waals surface area contributed by atoms with Crippen LogP contribution in [-0.4, -0.2) is 66.9 Å². The predicted molar refractivity (Wildman–Crippen MR) is 312 cm³/mol. The topological polar surface area (TPSA) is 207 Å². The van der Waals surface area contributed by atoms with Crippen molar-refractivity contribution in [1.82, 2.24) is 0 Å². The molecule has 6 rings (SSSR count). The molecular formula is C61H76BrNO12S3. The summed E-state index contributed by atoms with van der Waals surface area (Å²) in [7, 11) is -10.8. The zero-order chi connectivity index (χ0) is 57.8. The number of rotatable bonds is 22. The number of carbonyl (C=O) groups is 3. The minimum atomic E-state index is -3.99. The zero-order valence-corrected chi connectivity index (χ0v) is 49.8. The lowest BCUT2D eigenvalue weighted by Crippen LogP contribution is -2.33. The van der Waals surface area contributed by atoms with Gasteiger partial charge in [0.15, 0.2) is 25.4 Å². The average molecular weight is 1190 g/mol. The Morgan fingerprint density at radius 2 is 0.897 bits per heavy atom. The summed E-state index contributed by atoms with van der Waals surface area (Å²) >= 11 is 3.14. The number of sulfone groups is 2. The van der Waals surface area contributed by atoms with Crippen LogP contribution in [0.1, 0.15) is 137 Å². The molecule has 17 heteroatoms. The standard InChI is InChI=1S/2C20H24O4S.C13H10BrNO4S.C8H18/c1-20(2,3)18(24-19(21)16-10-6-4-7-11-16)14-15-25(22,23)17-12-8-5-9-13-17;1-16(2)15-18(24-20(21)17-9-5-3-6-10-17)13-14-25(22,23)19-11-7-4-8-12-19;14-10-7-4-8-11(20(15,17)18)12(10)19-13(16)9-5-2-1-3-6-9;1-3-5-7-8-6-4-2/h4-13,18H,14-15H2,1-3H3;3-12,16,18H,13-15H2,1-2H3;1-8H,(H2,15,17,18);3-8H2,1-2H3. The fourth-order valence-electron chi connectivity index (χ4n) is 7.42. The van der Waals surface area contributed by atoms with Crippen LogP contribution in [0.4, 0.5) is 0 Å². The second-order valence-electron chi connectivity index (χ2n) is 19.8. The maximum absolute atomic E-state index is 12.5. The third kappa shape index (κ3) is 24.4. The quantitative estimate of drug-likeness (QED) is 0.0383. The first-order valence-corrected chi connectivity index (χ1v) is 31.7. The van der Waals surface area contributed by atoms with E-state index in [-0.39, 0.29) is 45.3 Å². The molecule has 0 heterocycles. The molecule has 2 N–H and O–H groups in total. The molecule has 0 saturated carbocycles. The average Bonchev–Trinajstić information content (AvgIpc) is 3.43. The van der Waals surface area contributed by atoms with E-state index in [0.717, 1.165) is 0 Å². The Morgan fingerprint density at radius 3 is 1.28 bits per heavy atom. The number of hydrogen-bond acceptors (Lipinski definition) is 12. The molecule has 0 aliphatic rings. The summed E-state index contributed by atoms with van der Waals surface area (Å²) in [5.74, 6) is -1.45. The summed E-state index contributed by atoms with van der Waals surface area (Å²) in [5.41, 5.74) is 0.880. The van der Waals surface area contributed by atoms with Gasteiger partial charge >= 0.3 is 17.9 Å². The Bertz CT molecular complexity index is 3060. The van der Waals surface area contributed by atoms with Gasteiger partial charge in [0.1, 0.15) is 17.1 Å². The molecule has 0 aliphatic carbocycles. The molecule has 2 atom stereocenters. The molecule has 0 aliphatic heterocycles. The first-order chi connectivity index (χ1) is 36.9. The van der Waals surface area contributed by atoms with Gasteiger partial charge in [0.25, 0.3) is 0 Å². The second-order valence-corrected chi connectivity index (χ2v) is 26.4. The molecule has 0 radical (unpaired) electrons. The summed E-state index contributed by atoms with van der Waals surface area (Å²) < 4.78 is 89.5. The van der Waals surface area contributed by atoms with Crippen LogP contribution in [0.3, 0.4) is 0 Å². The highest BCUT2D eigenvalue weighted by Crippen LogP contribution is 2.32. The van der Waals surface area contributed by atoms with E-state index in [9.17, 15) is 39.6 Å². The first kappa shape index (κ1) is 66.3. The number of carbonyl (C=O) groups excluding carboxylic acids is 3. The van der Waals surface area contributed by atoms with E-state index in [4.69, 9.17) is 19.3 Å². The van der Waals surface area contributed by atoms with Gasteiger partial charge in [0, 0.05) is 0 Å². The second kappa shape index (κ2) is 33.5. The van der Waals surface area contributed by atoms with Crippen molar-refractivity contribution in [2.24, 2.45) is 16.5 Å². The van der Waals surface area contributed by atoms with Crippen molar-refractivity contribution < 1.29 is 53.8 Å². The van der Waals surface area contributed by atoms with Crippen molar-refractivity contribution in [2.45, 2.75) is 133 Å². The summed E-state index contributed by atoms with van der Waals surface area (Å²) in [6.45, 7) is 14.4. The van der Waals surface area contributed by atoms with Gasteiger partial charge in [0.2, 0.25) is 10.0 Å². The molecule has 0 amide bonds. The highest BCUT2D eigenvalue weighted by molar-refractivity contribution is 9.10. The number of benzene rings is 6. The molecule has 0 spiro atoms. The zero-order valence-electron chi connectivity index (χ0n) is 45.8. The Labute approximate surface area is 472 Å². The van der Waals surface area contributed by atoms with E-state index < -0.39 is 59.8 Å². The summed E-state index contributed by atoms with van der Waals surface area (Å²) in [5, 5.41) is 5.10. The van der Waals surface area contributed by atoms with Crippen LogP contribution in [0.5, 0.6) is 5.75 Å². The molecular weight excluding hydrogens is 1110 g/mol. The number of para-hydroxylation sites is 1. The minimum Gasteiger partial charge on any atom is -0.459 e. The number of hydrogen-bond donors (Lipinski definition) is 1. The van der Waals surface area contributed by atoms with Crippen LogP contribution in [0.15, 0.2) is 189 Å². The van der Waals surface area contributed by atoms with Crippen LogP contribution in [0, 0.1) is 11.3 Å². The van der Waals surface area contributed by atoms with Gasteiger partial charge in [-0.05, 0) is 119 Å². The SMILES string of the molecule is CC(C)(C)C(CCS(=O)(=O)c1ccccc1)OC(=O)c1ccccc1.CC(C)CC(CCS(=O)(=O)c1ccccc1)OC(=O)c1ccccc1.CCCCCCCC.NS(=O)(=O)c1cccc(Br)c1OC(=O)c1ccccc1. The number of sulfonamides is 1. The number of ether oxygens (including phenoxy) is 3. The van der Waals surface area contributed by atoms with E-state index in [1.165, 1.54) is 50.7 Å². The van der Waals surface area contributed by atoms with Crippen LogP contribution < -0.4 is 9.88 Å². The van der Waals surface area contributed by atoms with Crippen molar-refractivity contribution >= 4 is 63.5 Å². The lowest BCUT2D eigenvalue weighted by Gasteiger charge is -2.30. The highest BCUT2D eigenvalue weighted by atomic mass is 79.9. The van der Waals surface area contributed by atoms with Gasteiger partial charge in [-0.3, -0.25) is 0 Å². The monoisotopic (exact) mass is 1190 g/mol. The van der Waals surface area contributed by atoms with E-state index in [0.29, 0.717) is 38.4 Å². The Hall–Kier alpha value is -5.98. The third-order valence-corrected chi connectivity index (χ3v) is 16.8. The molecule has 0 saturated heterocycles. The molecule has 0 bridgehead atoms. The van der Waals surface area contributed by atoms with Crippen LogP contribution in [-0.2, 0) is 39.2 Å². The molecule has 422 valence electrons. The van der Waals surface area contributed by atoms with Crippen molar-refractivity contribution in [3.8, 4) is 5.75 Å². The fourth-order valence-corrected chi connectivity index (χ4v) is 11.4. The van der Waals surface area contributed by atoms with Gasteiger partial charge in [-0.25, -0.2) is 44.8 Å². The summed E-state index contributed by atoms with van der Waals surface area (Å²) in [6, 6.07) is 46.7. The van der Waals surface area contributed by atoms with Crippen LogP contribution in [0.2, 0.25) is 0 Å². The fraction of sp³-hybridized carbons (Fsp3) is 0.361. The summed E-state index contributed by atoms with van der Waals surface area (Å²) in [4.78, 5) is 36.9. The Balaban J connectivity index is 0.000000289. The number of unbranched alkanes of at least 4 members (excludes halogenated alkanes) is 5. The van der Waals surface area contributed by atoms with E-state index in [1.807, 2.05) is 46.8 Å². The summed E-state index contributed by atoms with van der Waals surface area (Å²) in [6.07, 6.45) is 8.73. The number of nitrogens with two attached hydrogens (primary N) is 1. The molecule has 0 fully saturated rings. The van der Waals surface area contributed by atoms with E-state index in [1.54, 1.807) is 146 Å². The molecule has 78 heavy (non-hydrogen) atoms. The minimum absolute atomic E-state index is 0.0452. The number of primary sulfonamides is 1. The van der Waals surface area contributed by atoms with Crippen LogP contribution in [0.25, 0.3) is 0 Å².